The summed E-state index contributed by atoms with van der Waals surface area (Å²) in [5, 5.41) is 4.51. The topological polar surface area (TPSA) is 38.9 Å². The average Bonchev–Trinajstić information content (AvgIpc) is 3.41. The van der Waals surface area contributed by atoms with Gasteiger partial charge in [-0.15, -0.1) is 0 Å². The van der Waals surface area contributed by atoms with Gasteiger partial charge in [0.1, 0.15) is 6.33 Å². The molecular formula is C18H19N5S. The molecule has 6 heteroatoms. The Kier molecular flexibility index (Phi) is 4.23. The molecule has 3 aromatic rings. The van der Waals surface area contributed by atoms with Crippen LogP contribution in [0.3, 0.4) is 0 Å². The lowest BCUT2D eigenvalue weighted by Crippen LogP contribution is -2.29. The minimum Gasteiger partial charge on any atom is -0.277 e. The summed E-state index contributed by atoms with van der Waals surface area (Å²) >= 11 is 5.62. The summed E-state index contributed by atoms with van der Waals surface area (Å²) in [6.45, 7) is 1.61. The number of hydrogen-bond donors (Lipinski definition) is 0. The Labute approximate surface area is 146 Å². The van der Waals surface area contributed by atoms with Gasteiger partial charge in [-0.2, -0.15) is 5.10 Å². The summed E-state index contributed by atoms with van der Waals surface area (Å²) in [7, 11) is 0. The molecule has 24 heavy (non-hydrogen) atoms. The summed E-state index contributed by atoms with van der Waals surface area (Å²) in [4.78, 5) is 6.53. The van der Waals surface area contributed by atoms with Gasteiger partial charge in [0.25, 0.3) is 0 Å². The van der Waals surface area contributed by atoms with E-state index in [2.05, 4.69) is 27.1 Å². The summed E-state index contributed by atoms with van der Waals surface area (Å²) < 4.78 is 4.58. The molecule has 5 nitrogen and oxygen atoms in total. The largest absolute Gasteiger partial charge is 0.277 e. The van der Waals surface area contributed by atoms with Crippen molar-refractivity contribution in [3.05, 3.63) is 71.5 Å². The highest BCUT2D eigenvalue weighted by Crippen LogP contribution is 2.28. The van der Waals surface area contributed by atoms with Gasteiger partial charge in [0.2, 0.25) is 4.77 Å². The molecule has 2 heterocycles. The normalized spacial score (nSPS) is 14.2. The highest BCUT2D eigenvalue weighted by molar-refractivity contribution is 7.71. The molecular weight excluding hydrogens is 318 g/mol. The molecule has 0 radical (unpaired) electrons. The van der Waals surface area contributed by atoms with E-state index < -0.39 is 0 Å². The molecule has 1 fully saturated rings. The van der Waals surface area contributed by atoms with E-state index in [1.165, 1.54) is 18.4 Å². The first-order valence-corrected chi connectivity index (χ1v) is 8.55. The number of rotatable bonds is 6. The average molecular weight is 337 g/mol. The van der Waals surface area contributed by atoms with E-state index in [0.717, 1.165) is 17.0 Å². The number of hydrogen-bond acceptors (Lipinski definition) is 4. The Balaban J connectivity index is 1.55. The zero-order valence-corrected chi connectivity index (χ0v) is 14.1. The van der Waals surface area contributed by atoms with Crippen LogP contribution in [0.2, 0.25) is 0 Å². The van der Waals surface area contributed by atoms with E-state index in [1.807, 2.05) is 52.0 Å². The molecule has 0 bridgehead atoms. The maximum absolute atomic E-state index is 5.62. The summed E-state index contributed by atoms with van der Waals surface area (Å²) in [5.41, 5.74) is 2.31. The van der Waals surface area contributed by atoms with Crippen molar-refractivity contribution in [1.29, 1.82) is 0 Å². The van der Waals surface area contributed by atoms with Crippen LogP contribution in [-0.2, 0) is 13.2 Å². The highest BCUT2D eigenvalue weighted by Gasteiger charge is 2.29. The van der Waals surface area contributed by atoms with E-state index in [1.54, 1.807) is 6.33 Å². The van der Waals surface area contributed by atoms with Crippen LogP contribution >= 0.6 is 12.2 Å². The van der Waals surface area contributed by atoms with Gasteiger partial charge in [0.15, 0.2) is 0 Å². The molecule has 0 aliphatic heterocycles. The SMILES string of the molecule is S=c1n(-c2ccccc2)cnn1CN(Cc1ccncc1)C1CC1. The third-order valence-corrected chi connectivity index (χ3v) is 4.69. The van der Waals surface area contributed by atoms with Gasteiger partial charge in [-0.05, 0) is 54.9 Å². The lowest BCUT2D eigenvalue weighted by molar-refractivity contribution is 0.186. The van der Waals surface area contributed by atoms with E-state index in [0.29, 0.717) is 12.7 Å². The quantitative estimate of drug-likeness (QED) is 0.646. The molecule has 1 aliphatic rings. The smallest absolute Gasteiger partial charge is 0.203 e. The molecule has 1 aliphatic carbocycles. The first-order chi connectivity index (χ1) is 11.8. The van der Waals surface area contributed by atoms with E-state index in [9.17, 15) is 0 Å². The number of benzene rings is 1. The minimum absolute atomic E-state index is 0.627. The fraction of sp³-hybridized carbons (Fsp3) is 0.278. The van der Waals surface area contributed by atoms with Crippen molar-refractivity contribution >= 4 is 12.2 Å². The van der Waals surface area contributed by atoms with Crippen molar-refractivity contribution in [2.45, 2.75) is 32.1 Å². The van der Waals surface area contributed by atoms with Gasteiger partial charge >= 0.3 is 0 Å². The van der Waals surface area contributed by atoms with Crippen molar-refractivity contribution < 1.29 is 0 Å². The Morgan fingerprint density at radius 3 is 2.54 bits per heavy atom. The Hall–Kier alpha value is -2.31. The third-order valence-electron chi connectivity index (χ3n) is 4.28. The fourth-order valence-corrected chi connectivity index (χ4v) is 3.09. The van der Waals surface area contributed by atoms with Gasteiger partial charge in [-0.25, -0.2) is 4.68 Å². The van der Waals surface area contributed by atoms with Crippen molar-refractivity contribution in [1.82, 2.24) is 24.2 Å². The van der Waals surface area contributed by atoms with Gasteiger partial charge in [-0.3, -0.25) is 14.5 Å². The Bertz CT molecular complexity index is 852. The molecule has 0 atom stereocenters. The van der Waals surface area contributed by atoms with Crippen molar-refractivity contribution in [2.75, 3.05) is 0 Å². The minimum atomic E-state index is 0.627. The van der Waals surface area contributed by atoms with Crippen LogP contribution in [0.4, 0.5) is 0 Å². The fourth-order valence-electron chi connectivity index (χ4n) is 2.83. The van der Waals surface area contributed by atoms with Crippen molar-refractivity contribution in [2.24, 2.45) is 0 Å². The highest BCUT2D eigenvalue weighted by atomic mass is 32.1. The number of aromatic nitrogens is 4. The molecule has 0 unspecified atom stereocenters. The van der Waals surface area contributed by atoms with Crippen LogP contribution in [0.5, 0.6) is 0 Å². The lowest BCUT2D eigenvalue weighted by Gasteiger charge is -2.21. The first-order valence-electron chi connectivity index (χ1n) is 8.14. The number of para-hydroxylation sites is 1. The molecule has 2 aromatic heterocycles. The molecule has 0 N–H and O–H groups in total. The van der Waals surface area contributed by atoms with Crippen LogP contribution in [0.15, 0.2) is 61.2 Å². The molecule has 4 rings (SSSR count). The zero-order valence-electron chi connectivity index (χ0n) is 13.3. The second kappa shape index (κ2) is 6.67. The van der Waals surface area contributed by atoms with Crippen LogP contribution in [0, 0.1) is 4.77 Å². The molecule has 0 amide bonds. The van der Waals surface area contributed by atoms with Crippen LogP contribution < -0.4 is 0 Å². The van der Waals surface area contributed by atoms with Crippen molar-refractivity contribution in [3.63, 3.8) is 0 Å². The predicted molar refractivity (Wildman–Crippen MR) is 95.2 cm³/mol. The standard InChI is InChI=1S/C18H19N5S/c24-18-22(17-4-2-1-3-5-17)13-20-23(18)14-21(16-6-7-16)12-15-8-10-19-11-9-15/h1-5,8-11,13,16H,6-7,12,14H2. The van der Waals surface area contributed by atoms with Gasteiger partial charge in [0.05, 0.1) is 6.67 Å². The van der Waals surface area contributed by atoms with Gasteiger partial charge in [0, 0.05) is 30.7 Å². The Morgan fingerprint density at radius 2 is 1.83 bits per heavy atom. The second-order valence-electron chi connectivity index (χ2n) is 6.09. The monoisotopic (exact) mass is 337 g/mol. The van der Waals surface area contributed by atoms with Crippen LogP contribution in [0.25, 0.3) is 5.69 Å². The summed E-state index contributed by atoms with van der Waals surface area (Å²) in [5.74, 6) is 0. The van der Waals surface area contributed by atoms with E-state index in [-0.39, 0.29) is 0 Å². The lowest BCUT2D eigenvalue weighted by atomic mass is 10.2. The molecule has 122 valence electrons. The molecule has 1 aromatic carbocycles. The second-order valence-corrected chi connectivity index (χ2v) is 6.46. The van der Waals surface area contributed by atoms with E-state index >= 15 is 0 Å². The number of nitrogens with zero attached hydrogens (tertiary/aromatic N) is 5. The first kappa shape index (κ1) is 15.2. The molecule has 0 saturated heterocycles. The van der Waals surface area contributed by atoms with Crippen LogP contribution in [-0.4, -0.2) is 30.3 Å². The summed E-state index contributed by atoms with van der Waals surface area (Å²) in [6, 6.07) is 14.9. The predicted octanol–water partition coefficient (Wildman–Crippen LogP) is 3.42. The van der Waals surface area contributed by atoms with E-state index in [4.69, 9.17) is 12.2 Å². The van der Waals surface area contributed by atoms with Crippen molar-refractivity contribution in [3.8, 4) is 5.69 Å². The van der Waals surface area contributed by atoms with Gasteiger partial charge in [-0.1, -0.05) is 18.2 Å². The van der Waals surface area contributed by atoms with Gasteiger partial charge < -0.3 is 0 Å². The molecule has 0 spiro atoms. The molecule has 1 saturated carbocycles. The Morgan fingerprint density at radius 1 is 1.08 bits per heavy atom. The summed E-state index contributed by atoms with van der Waals surface area (Å²) in [6.07, 6.45) is 7.98. The third kappa shape index (κ3) is 3.29. The van der Waals surface area contributed by atoms with Crippen LogP contribution in [0.1, 0.15) is 18.4 Å². The number of pyridine rings is 1. The maximum Gasteiger partial charge on any atom is 0.203 e. The zero-order chi connectivity index (χ0) is 16.4. The maximum atomic E-state index is 5.62.